The van der Waals surface area contributed by atoms with Crippen LogP contribution in [0, 0.1) is 16.7 Å². The van der Waals surface area contributed by atoms with Crippen LogP contribution in [0.1, 0.15) is 59.4 Å². The van der Waals surface area contributed by atoms with Crippen molar-refractivity contribution in [2.24, 2.45) is 21.9 Å². The largest absolute Gasteiger partial charge is 0.387 e. The molecule has 6 fully saturated rings. The minimum atomic E-state index is -1.19. The first-order valence-electron chi connectivity index (χ1n) is 18.2. The summed E-state index contributed by atoms with van der Waals surface area (Å²) in [4.78, 5) is 3.18. The number of aliphatic hydroxyl groups is 1. The Bertz CT molecular complexity index is 1470. The quantitative estimate of drug-likeness (QED) is 0.0932. The van der Waals surface area contributed by atoms with Gasteiger partial charge in [-0.3, -0.25) is 0 Å². The van der Waals surface area contributed by atoms with Crippen molar-refractivity contribution in [3.63, 3.8) is 0 Å². The molecule has 1 spiro atoms. The van der Waals surface area contributed by atoms with Gasteiger partial charge >= 0.3 is 0 Å². The first kappa shape index (κ1) is 36.9. The van der Waals surface area contributed by atoms with E-state index >= 15 is 0 Å². The van der Waals surface area contributed by atoms with Gasteiger partial charge < -0.3 is 47.7 Å². The summed E-state index contributed by atoms with van der Waals surface area (Å²) in [5.74, 6) is -1.43. The Kier molecular flexibility index (Phi) is 10.2. The summed E-state index contributed by atoms with van der Waals surface area (Å²) in [6, 6.07) is 8.64. The van der Waals surface area contributed by atoms with Crippen molar-refractivity contribution in [2.75, 3.05) is 19.8 Å². The van der Waals surface area contributed by atoms with Gasteiger partial charge in [0.05, 0.1) is 26.4 Å². The lowest BCUT2D eigenvalue weighted by Crippen LogP contribution is -2.66. The highest BCUT2D eigenvalue weighted by Crippen LogP contribution is 2.73. The van der Waals surface area contributed by atoms with E-state index in [0.29, 0.717) is 5.92 Å². The Labute approximate surface area is 300 Å². The molecule has 51 heavy (non-hydrogen) atoms. The zero-order chi connectivity index (χ0) is 36.2. The van der Waals surface area contributed by atoms with Crippen molar-refractivity contribution >= 4 is 0 Å². The van der Waals surface area contributed by atoms with E-state index in [0.717, 1.165) is 24.8 Å². The van der Waals surface area contributed by atoms with E-state index in [4.69, 9.17) is 42.6 Å². The van der Waals surface area contributed by atoms with E-state index in [1.165, 1.54) is 0 Å². The fourth-order valence-corrected chi connectivity index (χ4v) is 9.61. The number of hydrogen-bond donors (Lipinski definition) is 1. The molecule has 0 aromatic heterocycles. The van der Waals surface area contributed by atoms with Crippen LogP contribution in [0.25, 0.3) is 10.4 Å². The highest BCUT2D eigenvalue weighted by molar-refractivity contribution is 5.20. The average Bonchev–Trinajstić information content (AvgIpc) is 3.76. The molecule has 0 amide bonds. The average molecular weight is 712 g/mol. The third-order valence-corrected chi connectivity index (χ3v) is 12.6. The second kappa shape index (κ2) is 14.1. The molecule has 0 radical (unpaired) electrons. The summed E-state index contributed by atoms with van der Waals surface area (Å²) in [5, 5.41) is 16.4. The molecule has 13 nitrogen and oxygen atoms in total. The van der Waals surface area contributed by atoms with Crippen LogP contribution in [-0.4, -0.2) is 104 Å². The lowest BCUT2D eigenvalue weighted by Gasteiger charge is -2.47. The monoisotopic (exact) mass is 711 g/mol. The molecular formula is C38H53N3O10. The van der Waals surface area contributed by atoms with Crippen LogP contribution in [0.15, 0.2) is 60.8 Å². The Balaban J connectivity index is 1.21. The molecule has 1 aromatic rings. The van der Waals surface area contributed by atoms with Crippen LogP contribution < -0.4 is 0 Å². The van der Waals surface area contributed by atoms with E-state index in [2.05, 4.69) is 44.0 Å². The van der Waals surface area contributed by atoms with Crippen molar-refractivity contribution in [1.82, 2.24) is 0 Å². The predicted octanol–water partition coefficient (Wildman–Crippen LogP) is 5.36. The van der Waals surface area contributed by atoms with Crippen molar-refractivity contribution in [3.05, 3.63) is 71.6 Å². The minimum absolute atomic E-state index is 0.00678. The molecule has 280 valence electrons. The van der Waals surface area contributed by atoms with E-state index in [1.807, 2.05) is 44.2 Å². The minimum Gasteiger partial charge on any atom is -0.387 e. The highest BCUT2D eigenvalue weighted by atomic mass is 16.8. The maximum absolute atomic E-state index is 12.2. The van der Waals surface area contributed by atoms with Crippen molar-refractivity contribution < 1.29 is 47.7 Å². The number of azide groups is 1. The van der Waals surface area contributed by atoms with E-state index in [-0.39, 0.29) is 37.3 Å². The molecule has 3 aliphatic carbocycles. The lowest BCUT2D eigenvalue weighted by molar-refractivity contribution is -0.316. The van der Waals surface area contributed by atoms with Gasteiger partial charge in [-0.2, -0.15) is 0 Å². The molecule has 13 heteroatoms. The van der Waals surface area contributed by atoms with E-state index in [1.54, 1.807) is 12.2 Å². The van der Waals surface area contributed by atoms with E-state index in [9.17, 15) is 10.6 Å². The molecule has 3 heterocycles. The Hall–Kier alpha value is -2.39. The molecule has 3 saturated heterocycles. The molecule has 2 bridgehead atoms. The van der Waals surface area contributed by atoms with Gasteiger partial charge in [0.25, 0.3) is 0 Å². The summed E-state index contributed by atoms with van der Waals surface area (Å²) < 4.78 is 58.8. The second-order valence-corrected chi connectivity index (χ2v) is 16.0. The van der Waals surface area contributed by atoms with Gasteiger partial charge in [-0.05, 0) is 49.1 Å². The van der Waals surface area contributed by atoms with Gasteiger partial charge in [-0.1, -0.05) is 68.4 Å². The zero-order valence-electron chi connectivity index (χ0n) is 30.3. The van der Waals surface area contributed by atoms with Crippen LogP contribution >= 0.6 is 0 Å². The number of hydrogen-bond acceptors (Lipinski definition) is 11. The van der Waals surface area contributed by atoms with Gasteiger partial charge in [-0.15, -0.1) is 13.2 Å². The Morgan fingerprint density at radius 2 is 1.63 bits per heavy atom. The van der Waals surface area contributed by atoms with Crippen LogP contribution in [0.5, 0.6) is 0 Å². The van der Waals surface area contributed by atoms with Gasteiger partial charge in [0.2, 0.25) is 0 Å². The van der Waals surface area contributed by atoms with Gasteiger partial charge in [0.1, 0.15) is 61.0 Å². The van der Waals surface area contributed by atoms with Gasteiger partial charge in [0.15, 0.2) is 17.9 Å². The zero-order valence-corrected chi connectivity index (χ0v) is 30.3. The van der Waals surface area contributed by atoms with Crippen LogP contribution in [-0.2, 0) is 49.2 Å². The standard InChI is InChI=1S/C38H53N3O10/c1-8-17-43-21-24-27(44-18-9-2)28(45-20-22-13-11-10-12-14-22)25(40-41-39)34(46-24)47-29-26(42)30-32(33-31(29)48-36(5,6)49-33)51-38(50-30)19-23-15-16-37(38,7)35(23,3)4/h8-14,23-34,42H,1-2,15-21H2,3-7H3/t23-,24-,25-,26+,27-,28-,29+,30+,31-,32+,33+,34-,37-,38?/m1/s1. The van der Waals surface area contributed by atoms with Crippen molar-refractivity contribution in [2.45, 2.75) is 139 Å². The number of ether oxygens (including phenoxy) is 9. The highest BCUT2D eigenvalue weighted by Gasteiger charge is 2.76. The molecule has 1 aromatic carbocycles. The Morgan fingerprint density at radius 1 is 0.922 bits per heavy atom. The Morgan fingerprint density at radius 3 is 2.29 bits per heavy atom. The predicted molar refractivity (Wildman–Crippen MR) is 184 cm³/mol. The first-order chi connectivity index (χ1) is 24.4. The third-order valence-electron chi connectivity index (χ3n) is 12.6. The van der Waals surface area contributed by atoms with Crippen LogP contribution in [0.2, 0.25) is 0 Å². The molecule has 14 atom stereocenters. The molecular weight excluding hydrogens is 658 g/mol. The molecule has 7 rings (SSSR count). The number of nitrogens with zero attached hydrogens (tertiary/aromatic N) is 3. The molecule has 6 aliphatic rings. The van der Waals surface area contributed by atoms with Crippen molar-refractivity contribution in [3.8, 4) is 0 Å². The van der Waals surface area contributed by atoms with Gasteiger partial charge in [0, 0.05) is 16.7 Å². The number of aliphatic hydroxyl groups excluding tert-OH is 1. The normalized spacial score (nSPS) is 44.5. The van der Waals surface area contributed by atoms with E-state index < -0.39 is 78.8 Å². The lowest BCUT2D eigenvalue weighted by atomic mass is 9.68. The molecule has 1 unspecified atom stereocenters. The SMILES string of the molecule is C=CCOC[C@H]1O[C@H](O[C@H]2[C@H](O)[C@@H]3OC4(C[C@H]5CC[C@]4(C)C5(C)C)O[C@@H]3[C@H]3OC(C)(C)O[C@@H]32)[C@H](N=[N+]=[N-])[C@@H](OCc2ccccc2)[C@@H]1OCC=C. The molecule has 1 N–H and O–H groups in total. The summed E-state index contributed by atoms with van der Waals surface area (Å²) in [6.07, 6.45) is -2.27. The van der Waals surface area contributed by atoms with Crippen molar-refractivity contribution in [1.29, 1.82) is 0 Å². The fourth-order valence-electron chi connectivity index (χ4n) is 9.61. The smallest absolute Gasteiger partial charge is 0.175 e. The maximum Gasteiger partial charge on any atom is 0.175 e. The second-order valence-electron chi connectivity index (χ2n) is 16.0. The van der Waals surface area contributed by atoms with Crippen LogP contribution in [0.3, 0.4) is 0 Å². The topological polar surface area (TPSA) is 152 Å². The molecule has 3 aliphatic heterocycles. The van der Waals surface area contributed by atoms with Gasteiger partial charge in [-0.25, -0.2) is 0 Å². The summed E-state index contributed by atoms with van der Waals surface area (Å²) in [6.45, 7) is 18.9. The fraction of sp³-hybridized carbons (Fsp3) is 0.737. The summed E-state index contributed by atoms with van der Waals surface area (Å²) in [5.41, 5.74) is 10.5. The number of benzene rings is 1. The summed E-state index contributed by atoms with van der Waals surface area (Å²) in [7, 11) is 0. The molecule has 3 saturated carbocycles. The third kappa shape index (κ3) is 6.28. The number of fused-ring (bicyclic) bond motifs is 6. The summed E-state index contributed by atoms with van der Waals surface area (Å²) >= 11 is 0. The first-order valence-corrected chi connectivity index (χ1v) is 18.2. The van der Waals surface area contributed by atoms with Crippen LogP contribution in [0.4, 0.5) is 0 Å². The maximum atomic E-state index is 12.2. The number of rotatable bonds is 13.